The van der Waals surface area contributed by atoms with Crippen molar-refractivity contribution in [3.8, 4) is 5.82 Å². The number of amides is 1. The minimum atomic E-state index is -3.69. The Balaban J connectivity index is 1.99. The normalized spacial score (nSPS) is 18.1. The van der Waals surface area contributed by atoms with Crippen LogP contribution in [0.1, 0.15) is 27.3 Å². The molecular formula is C21H22N4O4S. The Bertz CT molecular complexity index is 1190. The van der Waals surface area contributed by atoms with Gasteiger partial charge < -0.3 is 9.64 Å². The molecule has 1 saturated heterocycles. The first kappa shape index (κ1) is 20.2. The third-order valence-electron chi connectivity index (χ3n) is 5.18. The molecule has 0 radical (unpaired) electrons. The van der Waals surface area contributed by atoms with E-state index in [-0.39, 0.29) is 22.3 Å². The predicted octanol–water partition coefficient (Wildman–Crippen LogP) is 2.06. The van der Waals surface area contributed by atoms with Gasteiger partial charge >= 0.3 is 0 Å². The molecule has 30 heavy (non-hydrogen) atoms. The van der Waals surface area contributed by atoms with E-state index in [1.165, 1.54) is 16.8 Å². The van der Waals surface area contributed by atoms with Crippen LogP contribution in [0.3, 0.4) is 0 Å². The number of hydrogen-bond donors (Lipinski definition) is 0. The van der Waals surface area contributed by atoms with Gasteiger partial charge in [-0.25, -0.2) is 18.1 Å². The maximum Gasteiger partial charge on any atom is 0.274 e. The fraction of sp³-hybridized carbons (Fsp3) is 0.286. The molecule has 4 heterocycles. The number of aromatic nitrogens is 3. The third kappa shape index (κ3) is 3.29. The number of allylic oxidation sites excluding steroid dienone is 3. The van der Waals surface area contributed by atoms with Gasteiger partial charge in [0.15, 0.2) is 21.3 Å². The maximum absolute atomic E-state index is 13.3. The van der Waals surface area contributed by atoms with Crippen LogP contribution in [0.25, 0.3) is 11.4 Å². The Morgan fingerprint density at radius 1 is 1.23 bits per heavy atom. The molecule has 0 spiro atoms. The summed E-state index contributed by atoms with van der Waals surface area (Å²) in [7, 11) is -3.69. The van der Waals surface area contributed by atoms with Gasteiger partial charge in [0, 0.05) is 30.4 Å². The highest BCUT2D eigenvalue weighted by Gasteiger charge is 2.37. The predicted molar refractivity (Wildman–Crippen MR) is 113 cm³/mol. The van der Waals surface area contributed by atoms with Crippen molar-refractivity contribution in [1.29, 1.82) is 0 Å². The Hall–Kier alpha value is -3.04. The molecule has 0 bridgehead atoms. The number of aryl methyl sites for hydroxylation is 1. The van der Waals surface area contributed by atoms with Crippen molar-refractivity contribution >= 4 is 21.3 Å². The summed E-state index contributed by atoms with van der Waals surface area (Å²) in [6.45, 7) is 11.1. The molecule has 1 amide bonds. The number of hydrogen-bond acceptors (Lipinski definition) is 6. The lowest BCUT2D eigenvalue weighted by Gasteiger charge is -2.26. The first-order valence-electron chi connectivity index (χ1n) is 9.51. The quantitative estimate of drug-likeness (QED) is 0.743. The lowest BCUT2D eigenvalue weighted by Crippen LogP contribution is -2.41. The van der Waals surface area contributed by atoms with E-state index in [0.29, 0.717) is 49.0 Å². The van der Waals surface area contributed by atoms with Crippen LogP contribution in [-0.2, 0) is 20.3 Å². The molecule has 156 valence electrons. The van der Waals surface area contributed by atoms with Gasteiger partial charge in [-0.15, -0.1) is 0 Å². The van der Waals surface area contributed by atoms with E-state index in [4.69, 9.17) is 4.74 Å². The van der Waals surface area contributed by atoms with Crippen LogP contribution in [0.2, 0.25) is 0 Å². The summed E-state index contributed by atoms with van der Waals surface area (Å²) in [5.41, 5.74) is 2.30. The van der Waals surface area contributed by atoms with E-state index in [2.05, 4.69) is 23.2 Å². The van der Waals surface area contributed by atoms with Crippen molar-refractivity contribution in [3.05, 3.63) is 71.1 Å². The molecule has 8 nitrogen and oxygen atoms in total. The summed E-state index contributed by atoms with van der Waals surface area (Å²) in [6, 6.07) is 3.68. The highest BCUT2D eigenvalue weighted by molar-refractivity contribution is 7.95. The van der Waals surface area contributed by atoms with E-state index in [0.717, 1.165) is 5.56 Å². The third-order valence-corrected chi connectivity index (χ3v) is 6.91. The molecule has 2 aliphatic rings. The topological polar surface area (TPSA) is 94.4 Å². The summed E-state index contributed by atoms with van der Waals surface area (Å²) in [5.74, 6) is -0.158. The second kappa shape index (κ2) is 7.66. The number of pyridine rings is 1. The molecule has 2 aliphatic heterocycles. The molecular weight excluding hydrogens is 404 g/mol. The van der Waals surface area contributed by atoms with Crippen LogP contribution in [0.5, 0.6) is 0 Å². The SMILES string of the molecule is C=CC1=C(C=C)S(=O)(=O)Cc2c(C(=O)N3CCOCC3)nn(-c3cc(C)ccn3)c21. The second-order valence-corrected chi connectivity index (χ2v) is 9.09. The van der Waals surface area contributed by atoms with E-state index in [9.17, 15) is 13.2 Å². The van der Waals surface area contributed by atoms with Crippen LogP contribution in [0.4, 0.5) is 0 Å². The molecule has 0 N–H and O–H groups in total. The second-order valence-electron chi connectivity index (χ2n) is 7.13. The van der Waals surface area contributed by atoms with Gasteiger partial charge in [0.25, 0.3) is 5.91 Å². The van der Waals surface area contributed by atoms with E-state index in [1.807, 2.05) is 19.1 Å². The zero-order valence-electron chi connectivity index (χ0n) is 16.7. The van der Waals surface area contributed by atoms with Gasteiger partial charge in [-0.05, 0) is 24.6 Å². The van der Waals surface area contributed by atoms with Crippen LogP contribution in [0.15, 0.2) is 48.5 Å². The number of rotatable bonds is 4. The Labute approximate surface area is 175 Å². The highest BCUT2D eigenvalue weighted by atomic mass is 32.2. The monoisotopic (exact) mass is 426 g/mol. The largest absolute Gasteiger partial charge is 0.378 e. The first-order valence-corrected chi connectivity index (χ1v) is 11.2. The van der Waals surface area contributed by atoms with E-state index >= 15 is 0 Å². The van der Waals surface area contributed by atoms with E-state index < -0.39 is 9.84 Å². The van der Waals surface area contributed by atoms with Crippen LogP contribution in [-0.4, -0.2) is 60.3 Å². The summed E-state index contributed by atoms with van der Waals surface area (Å²) in [4.78, 5) is 19.3. The Morgan fingerprint density at radius 2 is 1.97 bits per heavy atom. The van der Waals surface area contributed by atoms with Crippen molar-refractivity contribution in [2.24, 2.45) is 0 Å². The molecule has 0 saturated carbocycles. The highest BCUT2D eigenvalue weighted by Crippen LogP contribution is 2.38. The molecule has 1 fully saturated rings. The fourth-order valence-electron chi connectivity index (χ4n) is 3.74. The average Bonchev–Trinajstić information content (AvgIpc) is 3.10. The number of nitrogens with zero attached hydrogens (tertiary/aromatic N) is 4. The van der Waals surface area contributed by atoms with Gasteiger partial charge in [-0.3, -0.25) is 4.79 Å². The molecule has 4 rings (SSSR count). The lowest BCUT2D eigenvalue weighted by molar-refractivity contribution is 0.0298. The zero-order chi connectivity index (χ0) is 21.5. The summed E-state index contributed by atoms with van der Waals surface area (Å²) >= 11 is 0. The van der Waals surface area contributed by atoms with Crippen LogP contribution >= 0.6 is 0 Å². The van der Waals surface area contributed by atoms with Crippen molar-refractivity contribution in [1.82, 2.24) is 19.7 Å². The van der Waals surface area contributed by atoms with Crippen molar-refractivity contribution in [2.45, 2.75) is 12.7 Å². The van der Waals surface area contributed by atoms with Gasteiger partial charge in [-0.1, -0.05) is 25.3 Å². The first-order chi connectivity index (χ1) is 14.4. The van der Waals surface area contributed by atoms with Gasteiger partial charge in [0.1, 0.15) is 0 Å². The summed E-state index contributed by atoms with van der Waals surface area (Å²) in [5, 5.41) is 4.55. The Kier molecular flexibility index (Phi) is 5.17. The summed E-state index contributed by atoms with van der Waals surface area (Å²) < 4.78 is 32.7. The van der Waals surface area contributed by atoms with Crippen molar-refractivity contribution in [3.63, 3.8) is 0 Å². The van der Waals surface area contributed by atoms with E-state index in [1.54, 1.807) is 11.1 Å². The van der Waals surface area contributed by atoms with Crippen LogP contribution in [0, 0.1) is 6.92 Å². The molecule has 2 aromatic rings. The van der Waals surface area contributed by atoms with Crippen LogP contribution < -0.4 is 0 Å². The number of carbonyl (C=O) groups excluding carboxylic acids is 1. The van der Waals surface area contributed by atoms with Crippen molar-refractivity contribution in [2.75, 3.05) is 26.3 Å². The zero-order valence-corrected chi connectivity index (χ0v) is 17.5. The smallest absolute Gasteiger partial charge is 0.274 e. The minimum Gasteiger partial charge on any atom is -0.378 e. The standard InChI is InChI=1S/C21H22N4O4S/c1-4-15-17(5-2)30(27,28)13-16-19(21(26)24-8-10-29-11-9-24)23-25(20(15)16)18-12-14(3)6-7-22-18/h4-7,12H,1-2,8-11,13H2,3H3. The molecule has 0 aromatic carbocycles. The van der Waals surface area contributed by atoms with Gasteiger partial charge in [0.2, 0.25) is 0 Å². The molecule has 9 heteroatoms. The van der Waals surface area contributed by atoms with Gasteiger partial charge in [-0.2, -0.15) is 5.10 Å². The number of fused-ring (bicyclic) bond motifs is 1. The fourth-order valence-corrected chi connectivity index (χ4v) is 5.32. The number of carbonyl (C=O) groups is 1. The van der Waals surface area contributed by atoms with Gasteiger partial charge in [0.05, 0.1) is 29.6 Å². The number of ether oxygens (including phenoxy) is 1. The molecule has 0 aliphatic carbocycles. The van der Waals surface area contributed by atoms with Crippen molar-refractivity contribution < 1.29 is 17.9 Å². The average molecular weight is 426 g/mol. The summed E-state index contributed by atoms with van der Waals surface area (Å²) in [6.07, 6.45) is 4.41. The number of sulfone groups is 1. The maximum atomic E-state index is 13.3. The lowest BCUT2D eigenvalue weighted by atomic mass is 10.0. The number of morpholine rings is 1. The Morgan fingerprint density at radius 3 is 2.60 bits per heavy atom. The molecule has 0 unspecified atom stereocenters. The minimum absolute atomic E-state index is 0.0733. The molecule has 2 aromatic heterocycles. The molecule has 0 atom stereocenters.